The van der Waals surface area contributed by atoms with Crippen molar-refractivity contribution in [1.29, 1.82) is 0 Å². The zero-order valence-corrected chi connectivity index (χ0v) is 17.0. The summed E-state index contributed by atoms with van der Waals surface area (Å²) in [7, 11) is 2.15. The number of benzene rings is 1. The van der Waals surface area contributed by atoms with Gasteiger partial charge in [-0.1, -0.05) is 18.2 Å². The van der Waals surface area contributed by atoms with E-state index in [1.54, 1.807) is 11.0 Å². The average Bonchev–Trinajstić information content (AvgIpc) is 3.21. The minimum absolute atomic E-state index is 0.290. The Morgan fingerprint density at radius 2 is 2.00 bits per heavy atom. The monoisotopic (exact) mass is 406 g/mol. The van der Waals surface area contributed by atoms with E-state index in [1.807, 2.05) is 42.6 Å². The van der Waals surface area contributed by atoms with Gasteiger partial charge in [-0.15, -0.1) is 0 Å². The van der Waals surface area contributed by atoms with Crippen molar-refractivity contribution in [3.05, 3.63) is 60.8 Å². The van der Waals surface area contributed by atoms with E-state index in [-0.39, 0.29) is 6.03 Å². The first-order valence-electron chi connectivity index (χ1n) is 10.1. The van der Waals surface area contributed by atoms with Crippen molar-refractivity contribution in [2.24, 2.45) is 0 Å². The fourth-order valence-corrected chi connectivity index (χ4v) is 3.44. The number of para-hydroxylation sites is 2. The number of aromatic nitrogens is 4. The number of carbonyl (C=O) groups is 1. The molecule has 0 aliphatic carbocycles. The summed E-state index contributed by atoms with van der Waals surface area (Å²) in [6, 6.07) is 11.2. The molecule has 4 rings (SSSR count). The molecule has 1 aliphatic rings. The topological polar surface area (TPSA) is 91.2 Å². The second kappa shape index (κ2) is 9.36. The van der Waals surface area contributed by atoms with Crippen molar-refractivity contribution in [3.63, 3.8) is 0 Å². The summed E-state index contributed by atoms with van der Waals surface area (Å²) in [6.07, 6.45) is 6.01. The van der Waals surface area contributed by atoms with Crippen LogP contribution in [0.1, 0.15) is 12.0 Å². The summed E-state index contributed by atoms with van der Waals surface area (Å²) >= 11 is 0. The molecule has 1 saturated heterocycles. The number of hydrogen-bond acceptors (Lipinski definition) is 6. The third kappa shape index (κ3) is 4.93. The summed E-state index contributed by atoms with van der Waals surface area (Å²) in [6.45, 7) is 4.55. The molecule has 1 aromatic carbocycles. The molecule has 2 N–H and O–H groups in total. The number of likely N-dealkylation sites (N-methyl/N-ethyl adjacent to an activating group) is 1. The molecule has 0 spiro atoms. The van der Waals surface area contributed by atoms with E-state index < -0.39 is 0 Å². The van der Waals surface area contributed by atoms with Crippen molar-refractivity contribution in [3.8, 4) is 5.69 Å². The van der Waals surface area contributed by atoms with Crippen LogP contribution in [0.5, 0.6) is 0 Å². The molecule has 0 atom stereocenters. The largest absolute Gasteiger partial charge is 0.355 e. The number of amides is 2. The van der Waals surface area contributed by atoms with Crippen LogP contribution in [0.4, 0.5) is 16.3 Å². The highest BCUT2D eigenvalue weighted by Gasteiger charge is 2.13. The Kier molecular flexibility index (Phi) is 6.19. The van der Waals surface area contributed by atoms with Crippen molar-refractivity contribution in [2.45, 2.75) is 13.0 Å². The Morgan fingerprint density at radius 1 is 1.10 bits per heavy atom. The lowest BCUT2D eigenvalue weighted by Gasteiger charge is -2.21. The van der Waals surface area contributed by atoms with Crippen LogP contribution >= 0.6 is 0 Å². The maximum atomic E-state index is 12.4. The van der Waals surface area contributed by atoms with Crippen LogP contribution in [-0.2, 0) is 6.54 Å². The lowest BCUT2D eigenvalue weighted by atomic mass is 10.2. The fourth-order valence-electron chi connectivity index (χ4n) is 3.44. The van der Waals surface area contributed by atoms with Gasteiger partial charge in [-0.3, -0.25) is 0 Å². The number of nitrogens with zero attached hydrogens (tertiary/aromatic N) is 6. The van der Waals surface area contributed by atoms with Crippen LogP contribution in [-0.4, -0.2) is 63.9 Å². The molecule has 1 aliphatic heterocycles. The molecule has 30 heavy (non-hydrogen) atoms. The zero-order chi connectivity index (χ0) is 20.8. The molecular formula is C21H26N8O. The van der Waals surface area contributed by atoms with E-state index >= 15 is 0 Å². The average molecular weight is 406 g/mol. The van der Waals surface area contributed by atoms with Gasteiger partial charge in [-0.25, -0.2) is 19.4 Å². The highest BCUT2D eigenvalue weighted by molar-refractivity contribution is 5.91. The fraction of sp³-hybridized carbons (Fsp3) is 0.333. The van der Waals surface area contributed by atoms with Gasteiger partial charge in [0.1, 0.15) is 18.5 Å². The predicted molar refractivity (Wildman–Crippen MR) is 116 cm³/mol. The minimum Gasteiger partial charge on any atom is -0.355 e. The van der Waals surface area contributed by atoms with Crippen molar-refractivity contribution in [2.75, 3.05) is 43.4 Å². The van der Waals surface area contributed by atoms with Crippen LogP contribution in [0, 0.1) is 0 Å². The first-order chi connectivity index (χ1) is 14.7. The number of rotatable bonds is 5. The summed E-state index contributed by atoms with van der Waals surface area (Å²) < 4.78 is 1.61. The van der Waals surface area contributed by atoms with E-state index in [1.165, 1.54) is 6.33 Å². The standard InChI is InChI=1S/C21H26N8O/c1-27-9-4-10-28(12-11-27)20-8-7-17(13-23-20)14-24-21(30)26-18-5-2-3-6-19(18)29-16-22-15-25-29/h2-3,5-8,13,15-16H,4,9-12,14H2,1H3,(H2,24,26,30). The highest BCUT2D eigenvalue weighted by atomic mass is 16.2. The van der Waals surface area contributed by atoms with Gasteiger partial charge in [0, 0.05) is 32.4 Å². The zero-order valence-electron chi connectivity index (χ0n) is 17.0. The lowest BCUT2D eigenvalue weighted by Crippen LogP contribution is -2.30. The SMILES string of the molecule is CN1CCCN(c2ccc(CNC(=O)Nc3ccccc3-n3cncn3)cn2)CC1. The van der Waals surface area contributed by atoms with Crippen molar-refractivity contribution >= 4 is 17.5 Å². The van der Waals surface area contributed by atoms with Crippen LogP contribution in [0.2, 0.25) is 0 Å². The second-order valence-electron chi connectivity index (χ2n) is 7.33. The molecule has 3 aromatic rings. The Balaban J connectivity index is 1.32. The molecule has 0 radical (unpaired) electrons. The van der Waals surface area contributed by atoms with Crippen LogP contribution in [0.25, 0.3) is 5.69 Å². The molecule has 0 bridgehead atoms. The lowest BCUT2D eigenvalue weighted by molar-refractivity contribution is 0.251. The molecule has 156 valence electrons. The number of nitrogens with one attached hydrogen (secondary N) is 2. The van der Waals surface area contributed by atoms with E-state index in [0.29, 0.717) is 12.2 Å². The van der Waals surface area contributed by atoms with Gasteiger partial charge in [-0.05, 0) is 43.8 Å². The molecule has 0 unspecified atom stereocenters. The normalized spacial score (nSPS) is 14.9. The summed E-state index contributed by atoms with van der Waals surface area (Å²) in [5.74, 6) is 0.986. The highest BCUT2D eigenvalue weighted by Crippen LogP contribution is 2.18. The number of carbonyl (C=O) groups excluding carboxylic acids is 1. The molecule has 9 nitrogen and oxygen atoms in total. The number of pyridine rings is 1. The summed E-state index contributed by atoms with van der Waals surface area (Å²) in [5.41, 5.74) is 2.35. The second-order valence-corrected chi connectivity index (χ2v) is 7.33. The molecule has 2 amide bonds. The van der Waals surface area contributed by atoms with Gasteiger partial charge < -0.3 is 20.4 Å². The first-order valence-corrected chi connectivity index (χ1v) is 10.1. The molecule has 2 aromatic heterocycles. The Morgan fingerprint density at radius 3 is 2.80 bits per heavy atom. The first kappa shape index (κ1) is 19.8. The van der Waals surface area contributed by atoms with Crippen LogP contribution in [0.15, 0.2) is 55.2 Å². The molecular weight excluding hydrogens is 380 g/mol. The number of hydrogen-bond donors (Lipinski definition) is 2. The number of anilines is 2. The summed E-state index contributed by atoms with van der Waals surface area (Å²) in [5, 5.41) is 9.87. The Bertz CT molecular complexity index is 957. The van der Waals surface area contributed by atoms with Gasteiger partial charge >= 0.3 is 6.03 Å². The Hall–Kier alpha value is -3.46. The molecule has 9 heteroatoms. The van der Waals surface area contributed by atoms with E-state index in [9.17, 15) is 4.79 Å². The third-order valence-corrected chi connectivity index (χ3v) is 5.12. The molecule has 1 fully saturated rings. The van der Waals surface area contributed by atoms with Crippen LogP contribution in [0.3, 0.4) is 0 Å². The maximum absolute atomic E-state index is 12.4. The van der Waals surface area contributed by atoms with Gasteiger partial charge in [0.05, 0.1) is 11.4 Å². The minimum atomic E-state index is -0.290. The quantitative estimate of drug-likeness (QED) is 0.675. The van der Waals surface area contributed by atoms with Gasteiger partial charge in [-0.2, -0.15) is 5.10 Å². The van der Waals surface area contributed by atoms with Gasteiger partial charge in [0.25, 0.3) is 0 Å². The smallest absolute Gasteiger partial charge is 0.319 e. The predicted octanol–water partition coefficient (Wildman–Crippen LogP) is 2.13. The van der Waals surface area contributed by atoms with Crippen molar-refractivity contribution < 1.29 is 4.79 Å². The van der Waals surface area contributed by atoms with Crippen molar-refractivity contribution in [1.82, 2.24) is 30.0 Å². The number of urea groups is 1. The van der Waals surface area contributed by atoms with Gasteiger partial charge in [0.15, 0.2) is 0 Å². The maximum Gasteiger partial charge on any atom is 0.319 e. The van der Waals surface area contributed by atoms with Crippen LogP contribution < -0.4 is 15.5 Å². The van der Waals surface area contributed by atoms with E-state index in [4.69, 9.17) is 0 Å². The van der Waals surface area contributed by atoms with E-state index in [2.05, 4.69) is 42.5 Å². The summed E-state index contributed by atoms with van der Waals surface area (Å²) in [4.78, 5) is 25.6. The van der Waals surface area contributed by atoms with Gasteiger partial charge in [0.2, 0.25) is 0 Å². The third-order valence-electron chi connectivity index (χ3n) is 5.12. The Labute approximate surface area is 175 Å². The van der Waals surface area contributed by atoms with E-state index in [0.717, 1.165) is 49.7 Å². The molecule has 3 heterocycles. The molecule has 0 saturated carbocycles.